The number of nitriles is 2. The molecule has 1 aliphatic heterocycles. The SMILES string of the molecule is CS(=O)(=O)c1cc(-c2ccc(C[C@@H](C#N)NC(=O)C3CCCCN3)cc2)ccc1CC#N. The number of carbonyl (C=O) groups is 1. The Morgan fingerprint density at radius 3 is 2.47 bits per heavy atom. The number of rotatable bonds is 7. The summed E-state index contributed by atoms with van der Waals surface area (Å²) in [5, 5.41) is 24.4. The molecule has 2 aromatic carbocycles. The van der Waals surface area contributed by atoms with E-state index in [0.29, 0.717) is 12.0 Å². The Morgan fingerprint density at radius 1 is 1.16 bits per heavy atom. The molecule has 1 fully saturated rings. The molecule has 1 heterocycles. The van der Waals surface area contributed by atoms with Crippen LogP contribution in [0.2, 0.25) is 0 Å². The average Bonchev–Trinajstić information content (AvgIpc) is 2.79. The minimum absolute atomic E-state index is 0.0271. The van der Waals surface area contributed by atoms with Crippen LogP contribution in [0.15, 0.2) is 47.4 Å². The van der Waals surface area contributed by atoms with E-state index in [1.54, 1.807) is 18.2 Å². The van der Waals surface area contributed by atoms with Gasteiger partial charge in [-0.1, -0.05) is 42.8 Å². The van der Waals surface area contributed by atoms with E-state index in [1.807, 2.05) is 30.3 Å². The van der Waals surface area contributed by atoms with Crippen molar-refractivity contribution in [3.8, 4) is 23.3 Å². The van der Waals surface area contributed by atoms with Crippen LogP contribution in [-0.2, 0) is 27.5 Å². The maximum atomic E-state index is 12.4. The third-order valence-corrected chi connectivity index (χ3v) is 6.74. The van der Waals surface area contributed by atoms with Crippen molar-refractivity contribution in [2.24, 2.45) is 0 Å². The Balaban J connectivity index is 1.72. The van der Waals surface area contributed by atoms with E-state index in [4.69, 9.17) is 5.26 Å². The maximum Gasteiger partial charge on any atom is 0.238 e. The normalized spacial score (nSPS) is 17.0. The van der Waals surface area contributed by atoms with Gasteiger partial charge in [-0.3, -0.25) is 4.79 Å². The van der Waals surface area contributed by atoms with Crippen LogP contribution in [0.3, 0.4) is 0 Å². The molecule has 8 heteroatoms. The highest BCUT2D eigenvalue weighted by molar-refractivity contribution is 7.90. The van der Waals surface area contributed by atoms with Gasteiger partial charge in [-0.2, -0.15) is 10.5 Å². The quantitative estimate of drug-likeness (QED) is 0.668. The van der Waals surface area contributed by atoms with Gasteiger partial charge in [0.05, 0.1) is 29.5 Å². The van der Waals surface area contributed by atoms with E-state index in [9.17, 15) is 18.5 Å². The molecule has 2 aromatic rings. The Hall–Kier alpha value is -3.20. The number of nitrogens with zero attached hydrogens (tertiary/aromatic N) is 2. The van der Waals surface area contributed by atoms with E-state index in [2.05, 4.69) is 16.7 Å². The first-order valence-corrected chi connectivity index (χ1v) is 12.4. The first-order chi connectivity index (χ1) is 15.3. The van der Waals surface area contributed by atoms with Crippen molar-refractivity contribution >= 4 is 15.7 Å². The highest BCUT2D eigenvalue weighted by Crippen LogP contribution is 2.26. The molecule has 1 unspecified atom stereocenters. The van der Waals surface area contributed by atoms with Gasteiger partial charge in [0, 0.05) is 12.7 Å². The van der Waals surface area contributed by atoms with Crippen molar-refractivity contribution in [3.63, 3.8) is 0 Å². The lowest BCUT2D eigenvalue weighted by Gasteiger charge is -2.23. The Morgan fingerprint density at radius 2 is 1.88 bits per heavy atom. The molecule has 0 radical (unpaired) electrons. The summed E-state index contributed by atoms with van der Waals surface area (Å²) in [6.07, 6.45) is 4.38. The molecule has 1 aliphatic rings. The fourth-order valence-corrected chi connectivity index (χ4v) is 4.81. The van der Waals surface area contributed by atoms with Crippen molar-refractivity contribution < 1.29 is 13.2 Å². The standard InChI is InChI=1S/C24H26N4O3S/c1-32(30,31)23-15-20(10-9-19(23)11-12-25)18-7-5-17(6-8-18)14-21(16-26)28-24(29)22-4-2-3-13-27-22/h5-10,15,21-22,27H,2-4,11,13-14H2,1H3,(H,28,29)/t21-,22?/m0/s1. The summed E-state index contributed by atoms with van der Waals surface area (Å²) in [4.78, 5) is 12.5. The number of amides is 1. The third kappa shape index (κ3) is 5.94. The average molecular weight is 451 g/mol. The molecule has 1 amide bonds. The van der Waals surface area contributed by atoms with Gasteiger partial charge in [-0.15, -0.1) is 0 Å². The Bertz CT molecular complexity index is 1160. The molecule has 0 aliphatic carbocycles. The van der Waals surface area contributed by atoms with Crippen LogP contribution in [-0.4, -0.2) is 39.2 Å². The van der Waals surface area contributed by atoms with Crippen LogP contribution in [0.25, 0.3) is 11.1 Å². The van der Waals surface area contributed by atoms with Crippen LogP contribution in [0.1, 0.15) is 30.4 Å². The van der Waals surface area contributed by atoms with Gasteiger partial charge >= 0.3 is 0 Å². The van der Waals surface area contributed by atoms with Gasteiger partial charge in [-0.05, 0) is 47.7 Å². The van der Waals surface area contributed by atoms with Crippen LogP contribution in [0.5, 0.6) is 0 Å². The lowest BCUT2D eigenvalue weighted by atomic mass is 9.99. The smallest absolute Gasteiger partial charge is 0.238 e. The second-order valence-corrected chi connectivity index (χ2v) is 10.0. The molecule has 0 bridgehead atoms. The third-order valence-electron chi connectivity index (χ3n) is 5.56. The number of hydrogen-bond acceptors (Lipinski definition) is 6. The minimum Gasteiger partial charge on any atom is -0.339 e. The lowest BCUT2D eigenvalue weighted by molar-refractivity contribution is -0.124. The molecule has 1 saturated heterocycles. The largest absolute Gasteiger partial charge is 0.339 e. The first-order valence-electron chi connectivity index (χ1n) is 10.5. The number of carbonyl (C=O) groups excluding carboxylic acids is 1. The molecular formula is C24H26N4O3S. The van der Waals surface area contributed by atoms with Crippen molar-refractivity contribution in [3.05, 3.63) is 53.6 Å². The minimum atomic E-state index is -3.47. The zero-order chi connectivity index (χ0) is 23.1. The first kappa shape index (κ1) is 23.5. The topological polar surface area (TPSA) is 123 Å². The molecule has 0 aromatic heterocycles. The Labute approximate surface area is 189 Å². The molecule has 0 saturated carbocycles. The zero-order valence-corrected chi connectivity index (χ0v) is 18.8. The number of nitrogens with one attached hydrogen (secondary N) is 2. The summed E-state index contributed by atoms with van der Waals surface area (Å²) in [5.41, 5.74) is 2.93. The predicted molar refractivity (Wildman–Crippen MR) is 121 cm³/mol. The zero-order valence-electron chi connectivity index (χ0n) is 18.0. The van der Waals surface area contributed by atoms with E-state index < -0.39 is 15.9 Å². The number of piperidine rings is 1. The highest BCUT2D eigenvalue weighted by Gasteiger charge is 2.23. The van der Waals surface area contributed by atoms with Gasteiger partial charge in [0.25, 0.3) is 0 Å². The molecule has 166 valence electrons. The second-order valence-electron chi connectivity index (χ2n) is 8.02. The van der Waals surface area contributed by atoms with Crippen molar-refractivity contribution in [2.45, 2.75) is 49.1 Å². The second kappa shape index (κ2) is 10.4. The number of benzene rings is 2. The summed E-state index contributed by atoms with van der Waals surface area (Å²) in [7, 11) is -3.47. The molecule has 3 rings (SSSR count). The van der Waals surface area contributed by atoms with Gasteiger partial charge in [0.15, 0.2) is 9.84 Å². The summed E-state index contributed by atoms with van der Waals surface area (Å²) < 4.78 is 24.3. The van der Waals surface area contributed by atoms with Crippen molar-refractivity contribution in [2.75, 3.05) is 12.8 Å². The number of hydrogen-bond donors (Lipinski definition) is 2. The van der Waals surface area contributed by atoms with Gasteiger partial charge < -0.3 is 10.6 Å². The fraction of sp³-hybridized carbons (Fsp3) is 0.375. The molecule has 2 N–H and O–H groups in total. The monoisotopic (exact) mass is 450 g/mol. The highest BCUT2D eigenvalue weighted by atomic mass is 32.2. The van der Waals surface area contributed by atoms with Crippen LogP contribution in [0.4, 0.5) is 0 Å². The molecular weight excluding hydrogens is 424 g/mol. The number of sulfone groups is 1. The van der Waals surface area contributed by atoms with Crippen LogP contribution < -0.4 is 10.6 Å². The summed E-state index contributed by atoms with van der Waals surface area (Å²) >= 11 is 0. The van der Waals surface area contributed by atoms with E-state index in [0.717, 1.165) is 48.8 Å². The maximum absolute atomic E-state index is 12.4. The lowest BCUT2D eigenvalue weighted by Crippen LogP contribution is -2.49. The molecule has 0 spiro atoms. The van der Waals surface area contributed by atoms with Crippen molar-refractivity contribution in [1.29, 1.82) is 10.5 Å². The van der Waals surface area contributed by atoms with Gasteiger partial charge in [0.1, 0.15) is 6.04 Å². The summed E-state index contributed by atoms with van der Waals surface area (Å²) in [6, 6.07) is 15.8. The molecule has 32 heavy (non-hydrogen) atoms. The van der Waals surface area contributed by atoms with Gasteiger partial charge in [0.2, 0.25) is 5.91 Å². The van der Waals surface area contributed by atoms with Crippen LogP contribution >= 0.6 is 0 Å². The van der Waals surface area contributed by atoms with E-state index in [-0.39, 0.29) is 23.3 Å². The fourth-order valence-electron chi connectivity index (χ4n) is 3.86. The summed E-state index contributed by atoms with van der Waals surface area (Å²) in [6.45, 7) is 0.815. The molecule has 2 atom stereocenters. The Kier molecular flexibility index (Phi) is 7.63. The molecule has 7 nitrogen and oxygen atoms in total. The summed E-state index contributed by atoms with van der Waals surface area (Å²) in [5.74, 6) is -0.140. The van der Waals surface area contributed by atoms with E-state index in [1.165, 1.54) is 0 Å². The predicted octanol–water partition coefficient (Wildman–Crippen LogP) is 2.52. The van der Waals surface area contributed by atoms with Crippen LogP contribution in [0, 0.1) is 22.7 Å². The van der Waals surface area contributed by atoms with E-state index >= 15 is 0 Å². The van der Waals surface area contributed by atoms with Crippen molar-refractivity contribution in [1.82, 2.24) is 10.6 Å². The van der Waals surface area contributed by atoms with Gasteiger partial charge in [-0.25, -0.2) is 8.42 Å².